The second-order valence-electron chi connectivity index (χ2n) is 4.61. The van der Waals surface area contributed by atoms with E-state index in [0.717, 1.165) is 20.3 Å². The van der Waals surface area contributed by atoms with Crippen molar-refractivity contribution < 1.29 is 9.59 Å². The molecule has 0 aliphatic heterocycles. The average molecular weight is 458 g/mol. The molecule has 0 unspecified atom stereocenters. The second kappa shape index (κ2) is 9.10. The van der Waals surface area contributed by atoms with Crippen LogP contribution in [0.2, 0.25) is 0 Å². The van der Waals surface area contributed by atoms with Gasteiger partial charge in [0.25, 0.3) is 0 Å². The van der Waals surface area contributed by atoms with Crippen LogP contribution in [0.5, 0.6) is 0 Å². The lowest BCUT2D eigenvalue weighted by atomic mass is 10.3. The van der Waals surface area contributed by atoms with Gasteiger partial charge in [-0.05, 0) is 42.5 Å². The third-order valence-electron chi connectivity index (χ3n) is 2.70. The monoisotopic (exact) mass is 456 g/mol. The molecule has 0 aliphatic rings. The van der Waals surface area contributed by atoms with Gasteiger partial charge >= 0.3 is 0 Å². The predicted octanol–water partition coefficient (Wildman–Crippen LogP) is 4.52. The normalized spacial score (nSPS) is 10.2. The summed E-state index contributed by atoms with van der Waals surface area (Å²) in [4.78, 5) is 23.6. The van der Waals surface area contributed by atoms with Crippen LogP contribution < -0.4 is 10.6 Å². The molecule has 0 saturated carbocycles. The first-order chi connectivity index (χ1) is 11.0. The van der Waals surface area contributed by atoms with Crippen LogP contribution in [-0.2, 0) is 9.59 Å². The number of hydrogen-bond donors (Lipinski definition) is 2. The average Bonchev–Trinajstić information content (AvgIpc) is 2.49. The van der Waals surface area contributed by atoms with Crippen molar-refractivity contribution >= 4 is 66.8 Å². The summed E-state index contributed by atoms with van der Waals surface area (Å²) in [5.74, 6) is 0.180. The van der Waals surface area contributed by atoms with Crippen molar-refractivity contribution in [2.45, 2.75) is 0 Å². The van der Waals surface area contributed by atoms with Gasteiger partial charge in [0.1, 0.15) is 0 Å². The number of amides is 2. The lowest BCUT2D eigenvalue weighted by Gasteiger charge is -2.07. The van der Waals surface area contributed by atoms with Gasteiger partial charge in [0.05, 0.1) is 11.5 Å². The van der Waals surface area contributed by atoms with Gasteiger partial charge < -0.3 is 10.6 Å². The van der Waals surface area contributed by atoms with E-state index in [4.69, 9.17) is 0 Å². The number of carbonyl (C=O) groups excluding carboxylic acids is 2. The smallest absolute Gasteiger partial charge is 0.234 e. The quantitative estimate of drug-likeness (QED) is 0.670. The number of hydrogen-bond acceptors (Lipinski definition) is 3. The van der Waals surface area contributed by atoms with E-state index in [9.17, 15) is 9.59 Å². The van der Waals surface area contributed by atoms with Crippen LogP contribution in [0.3, 0.4) is 0 Å². The van der Waals surface area contributed by atoms with Crippen molar-refractivity contribution in [2.24, 2.45) is 0 Å². The Morgan fingerprint density at radius 3 is 2.04 bits per heavy atom. The zero-order valence-electron chi connectivity index (χ0n) is 12.0. The van der Waals surface area contributed by atoms with Crippen LogP contribution in [0.25, 0.3) is 0 Å². The minimum atomic E-state index is -0.135. The number of nitrogens with one attached hydrogen (secondary N) is 2. The summed E-state index contributed by atoms with van der Waals surface area (Å²) in [6.45, 7) is 0. The molecular formula is C16H14Br2N2O2S. The first-order valence-corrected chi connectivity index (χ1v) is 9.45. The summed E-state index contributed by atoms with van der Waals surface area (Å²) in [7, 11) is 0. The molecule has 0 aromatic heterocycles. The Morgan fingerprint density at radius 1 is 0.826 bits per heavy atom. The van der Waals surface area contributed by atoms with Crippen LogP contribution in [0.15, 0.2) is 57.5 Å². The van der Waals surface area contributed by atoms with Crippen molar-refractivity contribution in [3.8, 4) is 0 Å². The summed E-state index contributed by atoms with van der Waals surface area (Å²) in [6.07, 6.45) is 0. The maximum Gasteiger partial charge on any atom is 0.234 e. The Labute approximate surface area is 155 Å². The largest absolute Gasteiger partial charge is 0.325 e. The molecule has 4 nitrogen and oxygen atoms in total. The Hall–Kier alpha value is -1.31. The molecule has 0 heterocycles. The van der Waals surface area contributed by atoms with Crippen LogP contribution >= 0.6 is 43.6 Å². The Morgan fingerprint density at radius 2 is 1.43 bits per heavy atom. The van der Waals surface area contributed by atoms with E-state index < -0.39 is 0 Å². The molecule has 7 heteroatoms. The zero-order valence-corrected chi connectivity index (χ0v) is 16.0. The van der Waals surface area contributed by atoms with Gasteiger partial charge in [-0.15, -0.1) is 11.8 Å². The SMILES string of the molecule is O=C(CSCC(=O)Nc1cccc(Br)c1)Nc1ccc(Br)cc1. The second-order valence-corrected chi connectivity index (χ2v) is 7.42. The van der Waals surface area contributed by atoms with E-state index in [2.05, 4.69) is 42.5 Å². The standard InChI is InChI=1S/C16H14Br2N2O2S/c17-11-4-6-13(7-5-11)19-15(21)9-23-10-16(22)20-14-3-1-2-12(18)8-14/h1-8H,9-10H2,(H,19,21)(H,20,22). The fourth-order valence-electron chi connectivity index (χ4n) is 1.73. The first-order valence-electron chi connectivity index (χ1n) is 6.71. The minimum absolute atomic E-state index is 0.132. The number of benzene rings is 2. The lowest BCUT2D eigenvalue weighted by Crippen LogP contribution is -2.18. The van der Waals surface area contributed by atoms with Gasteiger partial charge in [0, 0.05) is 20.3 Å². The molecule has 2 aromatic rings. The molecule has 0 spiro atoms. The molecule has 0 atom stereocenters. The molecule has 0 aliphatic carbocycles. The topological polar surface area (TPSA) is 58.2 Å². The maximum atomic E-state index is 11.8. The number of anilines is 2. The third-order valence-corrected chi connectivity index (χ3v) is 4.66. The molecule has 120 valence electrons. The lowest BCUT2D eigenvalue weighted by molar-refractivity contribution is -0.114. The first kappa shape index (κ1) is 18.0. The van der Waals surface area contributed by atoms with Crippen molar-refractivity contribution in [3.63, 3.8) is 0 Å². The summed E-state index contributed by atoms with van der Waals surface area (Å²) >= 11 is 7.95. The summed E-state index contributed by atoms with van der Waals surface area (Å²) in [6, 6.07) is 14.7. The molecule has 2 aromatic carbocycles. The van der Waals surface area contributed by atoms with E-state index in [1.807, 2.05) is 48.5 Å². The number of halogens is 2. The maximum absolute atomic E-state index is 11.8. The van der Waals surface area contributed by atoms with Gasteiger partial charge in [0.2, 0.25) is 11.8 Å². The molecule has 0 saturated heterocycles. The molecule has 0 fully saturated rings. The number of rotatable bonds is 6. The molecule has 0 bridgehead atoms. The van der Waals surface area contributed by atoms with E-state index in [-0.39, 0.29) is 23.3 Å². The Balaban J connectivity index is 1.70. The van der Waals surface area contributed by atoms with Gasteiger partial charge in [-0.3, -0.25) is 9.59 Å². The molecule has 2 N–H and O–H groups in total. The zero-order chi connectivity index (χ0) is 16.7. The fourth-order valence-corrected chi connectivity index (χ4v) is 3.01. The number of thioether (sulfide) groups is 1. The third kappa shape index (κ3) is 6.76. The van der Waals surface area contributed by atoms with Crippen molar-refractivity contribution in [2.75, 3.05) is 22.1 Å². The van der Waals surface area contributed by atoms with Crippen molar-refractivity contribution in [1.29, 1.82) is 0 Å². The van der Waals surface area contributed by atoms with E-state index >= 15 is 0 Å². The van der Waals surface area contributed by atoms with Crippen LogP contribution in [0.1, 0.15) is 0 Å². The molecule has 2 rings (SSSR count). The molecular weight excluding hydrogens is 444 g/mol. The van der Waals surface area contributed by atoms with Crippen LogP contribution in [-0.4, -0.2) is 23.3 Å². The summed E-state index contributed by atoms with van der Waals surface area (Å²) in [5, 5.41) is 5.57. The summed E-state index contributed by atoms with van der Waals surface area (Å²) < 4.78 is 1.85. The van der Waals surface area contributed by atoms with Gasteiger partial charge in [0.15, 0.2) is 0 Å². The highest BCUT2D eigenvalue weighted by Gasteiger charge is 2.07. The molecule has 0 radical (unpaired) electrons. The van der Waals surface area contributed by atoms with E-state index in [0.29, 0.717) is 0 Å². The summed E-state index contributed by atoms with van der Waals surface area (Å²) in [5.41, 5.74) is 1.46. The van der Waals surface area contributed by atoms with Crippen LogP contribution in [0, 0.1) is 0 Å². The van der Waals surface area contributed by atoms with Crippen molar-refractivity contribution in [1.82, 2.24) is 0 Å². The van der Waals surface area contributed by atoms with Gasteiger partial charge in [-0.1, -0.05) is 37.9 Å². The molecule has 23 heavy (non-hydrogen) atoms. The minimum Gasteiger partial charge on any atom is -0.325 e. The van der Waals surface area contributed by atoms with Crippen LogP contribution in [0.4, 0.5) is 11.4 Å². The highest BCUT2D eigenvalue weighted by molar-refractivity contribution is 9.10. The van der Waals surface area contributed by atoms with Crippen molar-refractivity contribution in [3.05, 3.63) is 57.5 Å². The number of carbonyl (C=O) groups is 2. The van der Waals surface area contributed by atoms with E-state index in [1.165, 1.54) is 11.8 Å². The fraction of sp³-hybridized carbons (Fsp3) is 0.125. The highest BCUT2D eigenvalue weighted by atomic mass is 79.9. The Kier molecular flexibility index (Phi) is 7.14. The predicted molar refractivity (Wildman–Crippen MR) is 103 cm³/mol. The molecule has 2 amide bonds. The van der Waals surface area contributed by atoms with Gasteiger partial charge in [-0.2, -0.15) is 0 Å². The Bertz CT molecular complexity index is 693. The van der Waals surface area contributed by atoms with Gasteiger partial charge in [-0.25, -0.2) is 0 Å². The van der Waals surface area contributed by atoms with E-state index in [1.54, 1.807) is 0 Å². The highest BCUT2D eigenvalue weighted by Crippen LogP contribution is 2.16.